The summed E-state index contributed by atoms with van der Waals surface area (Å²) in [6, 6.07) is 0.220. The van der Waals surface area contributed by atoms with Crippen LogP contribution in [0.15, 0.2) is 4.99 Å². The van der Waals surface area contributed by atoms with Gasteiger partial charge in [-0.25, -0.2) is 0 Å². The van der Waals surface area contributed by atoms with E-state index in [4.69, 9.17) is 5.73 Å². The maximum absolute atomic E-state index is 10.8. The predicted molar refractivity (Wildman–Crippen MR) is 51.3 cm³/mol. The summed E-state index contributed by atoms with van der Waals surface area (Å²) in [5, 5.41) is 2.86. The Balaban J connectivity index is 2.40. The molecule has 3 N–H and O–H groups in total. The molecule has 0 radical (unpaired) electrons. The lowest BCUT2D eigenvalue weighted by Crippen LogP contribution is -2.40. The van der Waals surface area contributed by atoms with Crippen LogP contribution in [-0.2, 0) is 4.79 Å². The van der Waals surface area contributed by atoms with Crippen molar-refractivity contribution in [1.29, 1.82) is 0 Å². The van der Waals surface area contributed by atoms with E-state index < -0.39 is 0 Å². The highest BCUT2D eigenvalue weighted by molar-refractivity contribution is 5.78. The second kappa shape index (κ2) is 4.11. The van der Waals surface area contributed by atoms with Gasteiger partial charge in [0.15, 0.2) is 5.96 Å². The van der Waals surface area contributed by atoms with Crippen LogP contribution in [0, 0.1) is 0 Å². The molecule has 0 aromatic carbocycles. The Labute approximate surface area is 78.0 Å². The number of carbonyl (C=O) groups is 1. The maximum atomic E-state index is 10.8. The first kappa shape index (κ1) is 9.83. The molecule has 0 spiro atoms. The Kier molecular flexibility index (Phi) is 3.11. The lowest BCUT2D eigenvalue weighted by atomic mass is 10.3. The quantitative estimate of drug-likeness (QED) is 0.411. The number of carbonyl (C=O) groups excluding carboxylic acids is 1. The van der Waals surface area contributed by atoms with Gasteiger partial charge in [0, 0.05) is 33.1 Å². The fourth-order valence-corrected chi connectivity index (χ4v) is 1.52. The Morgan fingerprint density at radius 1 is 1.69 bits per heavy atom. The molecule has 74 valence electrons. The van der Waals surface area contributed by atoms with Crippen LogP contribution in [0.4, 0.5) is 0 Å². The van der Waals surface area contributed by atoms with Gasteiger partial charge in [0.2, 0.25) is 5.91 Å². The van der Waals surface area contributed by atoms with E-state index in [1.807, 2.05) is 4.90 Å². The maximum Gasteiger partial charge on any atom is 0.217 e. The van der Waals surface area contributed by atoms with E-state index in [1.54, 1.807) is 7.05 Å². The minimum absolute atomic E-state index is 0.0128. The molecular formula is C8H16N4O. The molecule has 0 bridgehead atoms. The highest BCUT2D eigenvalue weighted by Gasteiger charge is 2.23. The van der Waals surface area contributed by atoms with Gasteiger partial charge in [0.25, 0.3) is 0 Å². The van der Waals surface area contributed by atoms with Gasteiger partial charge in [-0.15, -0.1) is 0 Å². The van der Waals surface area contributed by atoms with Gasteiger partial charge >= 0.3 is 0 Å². The summed E-state index contributed by atoms with van der Waals surface area (Å²) >= 11 is 0. The number of nitrogens with two attached hydrogens (primary N) is 1. The lowest BCUT2D eigenvalue weighted by Gasteiger charge is -2.16. The molecule has 1 amide bonds. The van der Waals surface area contributed by atoms with Gasteiger partial charge in [-0.3, -0.25) is 9.79 Å². The van der Waals surface area contributed by atoms with Crippen LogP contribution in [0.2, 0.25) is 0 Å². The molecule has 1 fully saturated rings. The smallest absolute Gasteiger partial charge is 0.217 e. The molecule has 0 aliphatic carbocycles. The Morgan fingerprint density at radius 3 is 2.92 bits per heavy atom. The molecule has 1 unspecified atom stereocenters. The predicted octanol–water partition coefficient (Wildman–Crippen LogP) is -0.859. The van der Waals surface area contributed by atoms with E-state index in [2.05, 4.69) is 10.3 Å². The summed E-state index contributed by atoms with van der Waals surface area (Å²) in [7, 11) is 1.67. The Bertz CT molecular complexity index is 226. The highest BCUT2D eigenvalue weighted by Crippen LogP contribution is 2.07. The van der Waals surface area contributed by atoms with E-state index in [-0.39, 0.29) is 11.9 Å². The van der Waals surface area contributed by atoms with E-state index in [0.717, 1.165) is 19.5 Å². The second-order valence-corrected chi connectivity index (χ2v) is 3.21. The zero-order valence-corrected chi connectivity index (χ0v) is 8.08. The van der Waals surface area contributed by atoms with Crippen LogP contribution in [0.5, 0.6) is 0 Å². The normalized spacial score (nSPS) is 23.4. The summed E-state index contributed by atoms with van der Waals surface area (Å²) in [6.07, 6.45) is 0.940. The van der Waals surface area contributed by atoms with Crippen molar-refractivity contribution in [3.05, 3.63) is 0 Å². The van der Waals surface area contributed by atoms with Gasteiger partial charge in [0.05, 0.1) is 0 Å². The SMILES string of the molecule is CN=C(N)N1CCC(NC(C)=O)C1. The van der Waals surface area contributed by atoms with Gasteiger partial charge < -0.3 is 16.0 Å². The molecule has 0 saturated carbocycles. The van der Waals surface area contributed by atoms with Gasteiger partial charge in [-0.2, -0.15) is 0 Å². The Hall–Kier alpha value is -1.26. The molecule has 5 heteroatoms. The summed E-state index contributed by atoms with van der Waals surface area (Å²) in [5.74, 6) is 0.562. The van der Waals surface area contributed by atoms with E-state index in [1.165, 1.54) is 6.92 Å². The number of amides is 1. The van der Waals surface area contributed by atoms with Crippen molar-refractivity contribution in [2.45, 2.75) is 19.4 Å². The number of aliphatic imine (C=N–C) groups is 1. The standard InChI is InChI=1S/C8H16N4O/c1-6(13)11-7-3-4-12(5-7)8(9)10-2/h7H,3-5H2,1-2H3,(H2,9,10)(H,11,13). The first-order valence-corrected chi connectivity index (χ1v) is 4.37. The average molecular weight is 184 g/mol. The fourth-order valence-electron chi connectivity index (χ4n) is 1.52. The van der Waals surface area contributed by atoms with Gasteiger partial charge in [-0.1, -0.05) is 0 Å². The first-order valence-electron chi connectivity index (χ1n) is 4.37. The number of hydrogen-bond acceptors (Lipinski definition) is 2. The first-order chi connectivity index (χ1) is 6.13. The van der Waals surface area contributed by atoms with Crippen molar-refractivity contribution in [1.82, 2.24) is 10.2 Å². The molecule has 0 aromatic heterocycles. The molecule has 1 aliphatic heterocycles. The van der Waals surface area contributed by atoms with Gasteiger partial charge in [0.1, 0.15) is 0 Å². The van der Waals surface area contributed by atoms with Crippen molar-refractivity contribution in [3.63, 3.8) is 0 Å². The number of rotatable bonds is 1. The van der Waals surface area contributed by atoms with Crippen LogP contribution < -0.4 is 11.1 Å². The largest absolute Gasteiger partial charge is 0.370 e. The third-order valence-corrected chi connectivity index (χ3v) is 2.15. The highest BCUT2D eigenvalue weighted by atomic mass is 16.1. The molecule has 1 saturated heterocycles. The number of hydrogen-bond donors (Lipinski definition) is 2. The molecule has 1 rings (SSSR count). The molecule has 1 heterocycles. The molecule has 5 nitrogen and oxygen atoms in total. The summed E-state index contributed by atoms with van der Waals surface area (Å²) < 4.78 is 0. The van der Waals surface area contributed by atoms with Crippen molar-refractivity contribution < 1.29 is 4.79 Å². The van der Waals surface area contributed by atoms with E-state index in [0.29, 0.717) is 5.96 Å². The minimum atomic E-state index is 0.0128. The number of nitrogens with zero attached hydrogens (tertiary/aromatic N) is 2. The summed E-state index contributed by atoms with van der Waals surface area (Å²) in [4.78, 5) is 16.6. The monoisotopic (exact) mass is 184 g/mol. The number of likely N-dealkylation sites (tertiary alicyclic amines) is 1. The minimum Gasteiger partial charge on any atom is -0.370 e. The summed E-state index contributed by atoms with van der Waals surface area (Å²) in [5.41, 5.74) is 5.63. The molecule has 13 heavy (non-hydrogen) atoms. The molecular weight excluding hydrogens is 168 g/mol. The van der Waals surface area contributed by atoms with Crippen molar-refractivity contribution in [3.8, 4) is 0 Å². The van der Waals surface area contributed by atoms with E-state index >= 15 is 0 Å². The second-order valence-electron chi connectivity index (χ2n) is 3.21. The Morgan fingerprint density at radius 2 is 2.38 bits per heavy atom. The molecule has 0 aromatic rings. The fraction of sp³-hybridized carbons (Fsp3) is 0.750. The van der Waals surface area contributed by atoms with Crippen molar-refractivity contribution >= 4 is 11.9 Å². The zero-order chi connectivity index (χ0) is 9.84. The van der Waals surface area contributed by atoms with Crippen LogP contribution >= 0.6 is 0 Å². The van der Waals surface area contributed by atoms with Crippen LogP contribution in [0.1, 0.15) is 13.3 Å². The van der Waals surface area contributed by atoms with Gasteiger partial charge in [-0.05, 0) is 6.42 Å². The average Bonchev–Trinajstić information content (AvgIpc) is 2.50. The van der Waals surface area contributed by atoms with Crippen LogP contribution in [0.3, 0.4) is 0 Å². The number of guanidine groups is 1. The lowest BCUT2D eigenvalue weighted by molar-refractivity contribution is -0.119. The molecule has 1 atom stereocenters. The third-order valence-electron chi connectivity index (χ3n) is 2.15. The zero-order valence-electron chi connectivity index (χ0n) is 8.08. The van der Waals surface area contributed by atoms with Crippen LogP contribution in [0.25, 0.3) is 0 Å². The van der Waals surface area contributed by atoms with Crippen molar-refractivity contribution in [2.75, 3.05) is 20.1 Å². The third kappa shape index (κ3) is 2.61. The molecule has 1 aliphatic rings. The van der Waals surface area contributed by atoms with Crippen molar-refractivity contribution in [2.24, 2.45) is 10.7 Å². The van der Waals surface area contributed by atoms with E-state index in [9.17, 15) is 4.79 Å². The number of nitrogens with one attached hydrogen (secondary N) is 1. The van der Waals surface area contributed by atoms with Crippen LogP contribution in [-0.4, -0.2) is 42.9 Å². The summed E-state index contributed by atoms with van der Waals surface area (Å²) in [6.45, 7) is 3.16. The topological polar surface area (TPSA) is 70.7 Å².